The van der Waals surface area contributed by atoms with Crippen LogP contribution >= 0.6 is 11.6 Å². The minimum absolute atomic E-state index is 0. The number of carbonyl (C=O) groups excluding carboxylic acids is 2. The molecule has 4 rings (SSSR count). The number of hydrogen-bond donors (Lipinski definition) is 1. The number of amides is 1. The number of para-hydroxylation sites is 1. The molecule has 0 saturated carbocycles. The average Bonchev–Trinajstić information content (AvgIpc) is 3.31. The van der Waals surface area contributed by atoms with Gasteiger partial charge in [0.25, 0.3) is 5.91 Å². The number of halogens is 4. The lowest BCUT2D eigenvalue weighted by molar-refractivity contribution is -0.141. The van der Waals surface area contributed by atoms with Crippen LogP contribution in [0, 0.1) is 0 Å². The van der Waals surface area contributed by atoms with Gasteiger partial charge in [0.05, 0.1) is 28.6 Å². The average molecular weight is 516 g/mol. The maximum Gasteiger partial charge on any atom is 0.435 e. The summed E-state index contributed by atoms with van der Waals surface area (Å²) >= 11 is 6.21. The van der Waals surface area contributed by atoms with Gasteiger partial charge in [0.2, 0.25) is 0 Å². The molecule has 3 aromatic carbocycles. The monoisotopic (exact) mass is 515 g/mol. The molecule has 0 atom stereocenters. The molecular weight excluding hydrogens is 495 g/mol. The van der Waals surface area contributed by atoms with Crippen molar-refractivity contribution in [3.63, 3.8) is 0 Å². The van der Waals surface area contributed by atoms with Gasteiger partial charge < -0.3 is 10.1 Å². The molecule has 1 amide bonds. The van der Waals surface area contributed by atoms with Crippen molar-refractivity contribution in [2.24, 2.45) is 0 Å². The summed E-state index contributed by atoms with van der Waals surface area (Å²) in [5, 5.41) is 6.67. The summed E-state index contributed by atoms with van der Waals surface area (Å²) in [6, 6.07) is 19.6. The second-order valence-electron chi connectivity index (χ2n) is 7.61. The van der Waals surface area contributed by atoms with Crippen molar-refractivity contribution < 1.29 is 28.9 Å². The van der Waals surface area contributed by atoms with E-state index in [0.717, 1.165) is 10.7 Å². The number of esters is 1. The van der Waals surface area contributed by atoms with Crippen LogP contribution in [0.15, 0.2) is 78.9 Å². The van der Waals surface area contributed by atoms with E-state index in [-0.39, 0.29) is 30.0 Å². The van der Waals surface area contributed by atoms with Crippen molar-refractivity contribution in [1.82, 2.24) is 9.78 Å². The highest BCUT2D eigenvalue weighted by atomic mass is 35.5. The van der Waals surface area contributed by atoms with Crippen LogP contribution in [-0.4, -0.2) is 28.3 Å². The highest BCUT2D eigenvalue weighted by Gasteiger charge is 2.35. The molecule has 0 saturated heterocycles. The zero-order valence-corrected chi connectivity index (χ0v) is 19.6. The van der Waals surface area contributed by atoms with Crippen LogP contribution in [0.4, 0.5) is 18.9 Å². The number of anilines is 1. The Morgan fingerprint density at radius 2 is 1.64 bits per heavy atom. The number of hydrogen-bond acceptors (Lipinski definition) is 4. The first-order valence-electron chi connectivity index (χ1n) is 10.8. The highest BCUT2D eigenvalue weighted by molar-refractivity contribution is 6.32. The molecule has 6 nitrogen and oxygen atoms in total. The first-order valence-corrected chi connectivity index (χ1v) is 11.2. The fourth-order valence-corrected chi connectivity index (χ4v) is 3.65. The standard InChI is InChI=1S/C26H19ClF3N3O3.H2/c1-2-36-25(35)18-11-13-19(14-12-18)31-24(34)17-9-7-16(8-10-17)22-15-23(26(28,29)30)32-33(22)21-6-4-3-5-20(21)27;/h3-15H,2H2,1H3,(H,31,34);1H. The van der Waals surface area contributed by atoms with E-state index in [1.165, 1.54) is 36.4 Å². The number of alkyl halides is 3. The fourth-order valence-electron chi connectivity index (χ4n) is 3.43. The number of rotatable bonds is 6. The third-order valence-electron chi connectivity index (χ3n) is 5.18. The second-order valence-corrected chi connectivity index (χ2v) is 8.01. The molecule has 0 aliphatic rings. The number of nitrogens with zero attached hydrogens (tertiary/aromatic N) is 2. The van der Waals surface area contributed by atoms with Gasteiger partial charge in [-0.15, -0.1) is 0 Å². The Hall–Kier alpha value is -4.11. The van der Waals surface area contributed by atoms with E-state index in [4.69, 9.17) is 16.3 Å². The lowest BCUT2D eigenvalue weighted by atomic mass is 10.1. The SMILES string of the molecule is CCOC(=O)c1ccc(NC(=O)c2ccc(-c3cc(C(F)(F)F)nn3-c3ccccc3Cl)cc2)cc1.[HH]. The summed E-state index contributed by atoms with van der Waals surface area (Å²) in [6.07, 6.45) is -4.65. The Labute approximate surface area is 210 Å². The molecule has 0 unspecified atom stereocenters. The maximum atomic E-state index is 13.4. The van der Waals surface area contributed by atoms with Crippen molar-refractivity contribution in [2.45, 2.75) is 13.1 Å². The van der Waals surface area contributed by atoms with E-state index in [9.17, 15) is 22.8 Å². The molecule has 0 spiro atoms. The number of carbonyl (C=O) groups is 2. The molecule has 0 aliphatic carbocycles. The molecule has 10 heteroatoms. The Morgan fingerprint density at radius 3 is 2.25 bits per heavy atom. The normalized spacial score (nSPS) is 11.2. The minimum atomic E-state index is -4.65. The third kappa shape index (κ3) is 5.41. The zero-order valence-electron chi connectivity index (χ0n) is 18.8. The molecule has 0 radical (unpaired) electrons. The number of ether oxygens (including phenoxy) is 1. The Balaban J connectivity index is 0.00000380. The largest absolute Gasteiger partial charge is 0.462 e. The molecule has 1 N–H and O–H groups in total. The molecule has 36 heavy (non-hydrogen) atoms. The van der Waals surface area contributed by atoms with Gasteiger partial charge in [0.1, 0.15) is 0 Å². The topological polar surface area (TPSA) is 73.2 Å². The van der Waals surface area contributed by atoms with Gasteiger partial charge in [0.15, 0.2) is 5.69 Å². The van der Waals surface area contributed by atoms with Crippen LogP contribution in [0.25, 0.3) is 16.9 Å². The molecule has 186 valence electrons. The van der Waals surface area contributed by atoms with Crippen LogP contribution < -0.4 is 5.32 Å². The molecule has 0 fully saturated rings. The molecule has 1 aromatic heterocycles. The van der Waals surface area contributed by atoms with Crippen molar-refractivity contribution in [3.05, 3.63) is 101 Å². The lowest BCUT2D eigenvalue weighted by Crippen LogP contribution is -2.12. The molecular formula is C26H21ClF3N3O3. The summed E-state index contributed by atoms with van der Waals surface area (Å²) in [7, 11) is 0. The summed E-state index contributed by atoms with van der Waals surface area (Å²) in [6.45, 7) is 1.96. The lowest BCUT2D eigenvalue weighted by Gasteiger charge is -2.10. The number of benzene rings is 3. The van der Waals surface area contributed by atoms with Gasteiger partial charge in [-0.2, -0.15) is 18.3 Å². The fraction of sp³-hybridized carbons (Fsp3) is 0.115. The number of nitrogens with one attached hydrogen (secondary N) is 1. The Bertz CT molecular complexity index is 1410. The molecule has 0 bridgehead atoms. The molecule has 0 aliphatic heterocycles. The summed E-state index contributed by atoms with van der Waals surface area (Å²) in [4.78, 5) is 24.4. The van der Waals surface area contributed by atoms with Crippen molar-refractivity contribution in [2.75, 3.05) is 11.9 Å². The van der Waals surface area contributed by atoms with Gasteiger partial charge >= 0.3 is 12.1 Å². The van der Waals surface area contributed by atoms with Crippen molar-refractivity contribution >= 4 is 29.2 Å². The first-order chi connectivity index (χ1) is 17.2. The maximum absolute atomic E-state index is 13.4. The van der Waals surface area contributed by atoms with Crippen molar-refractivity contribution in [1.29, 1.82) is 0 Å². The van der Waals surface area contributed by atoms with Crippen LogP contribution in [0.2, 0.25) is 5.02 Å². The van der Waals surface area contributed by atoms with Gasteiger partial charge in [-0.3, -0.25) is 4.79 Å². The zero-order chi connectivity index (χ0) is 25.9. The second kappa shape index (κ2) is 10.2. The van der Waals surface area contributed by atoms with Crippen LogP contribution in [0.3, 0.4) is 0 Å². The molecule has 1 heterocycles. The summed E-state index contributed by atoms with van der Waals surface area (Å²) in [5.41, 5.74) is 0.901. The minimum Gasteiger partial charge on any atom is -0.462 e. The summed E-state index contributed by atoms with van der Waals surface area (Å²) < 4.78 is 46.3. The van der Waals surface area contributed by atoms with E-state index in [0.29, 0.717) is 16.8 Å². The highest BCUT2D eigenvalue weighted by Crippen LogP contribution is 2.34. The van der Waals surface area contributed by atoms with E-state index >= 15 is 0 Å². The summed E-state index contributed by atoms with van der Waals surface area (Å²) in [5.74, 6) is -0.892. The van der Waals surface area contributed by atoms with Crippen molar-refractivity contribution in [3.8, 4) is 16.9 Å². The Kier molecular flexibility index (Phi) is 7.12. The van der Waals surface area contributed by atoms with Crippen LogP contribution in [0.1, 0.15) is 34.8 Å². The van der Waals surface area contributed by atoms with E-state index in [1.54, 1.807) is 43.3 Å². The van der Waals surface area contributed by atoms with Gasteiger partial charge in [-0.1, -0.05) is 35.9 Å². The quantitative estimate of drug-likeness (QED) is 0.284. The Morgan fingerprint density at radius 1 is 1.00 bits per heavy atom. The smallest absolute Gasteiger partial charge is 0.435 e. The van der Waals surface area contributed by atoms with E-state index < -0.39 is 23.7 Å². The van der Waals surface area contributed by atoms with Gasteiger partial charge in [-0.25, -0.2) is 9.48 Å². The predicted octanol–water partition coefficient (Wildman–Crippen LogP) is 6.89. The number of aromatic nitrogens is 2. The van der Waals surface area contributed by atoms with Crippen LogP contribution in [0.5, 0.6) is 0 Å². The third-order valence-corrected chi connectivity index (χ3v) is 5.50. The van der Waals surface area contributed by atoms with E-state index in [1.807, 2.05) is 0 Å². The van der Waals surface area contributed by atoms with Gasteiger partial charge in [-0.05, 0) is 61.5 Å². The van der Waals surface area contributed by atoms with Crippen LogP contribution in [-0.2, 0) is 10.9 Å². The predicted molar refractivity (Wildman–Crippen MR) is 131 cm³/mol. The van der Waals surface area contributed by atoms with E-state index in [2.05, 4.69) is 10.4 Å². The molecule has 4 aromatic rings. The van der Waals surface area contributed by atoms with Gasteiger partial charge in [0, 0.05) is 18.2 Å². The first kappa shape index (κ1) is 25.0.